The number of hydrogen-bond acceptors (Lipinski definition) is 2. The van der Waals surface area contributed by atoms with Gasteiger partial charge in [0, 0.05) is 38.8 Å². The Bertz CT molecular complexity index is 607. The number of halogens is 3. The summed E-state index contributed by atoms with van der Waals surface area (Å²) >= 11 is 2.99. The van der Waals surface area contributed by atoms with Gasteiger partial charge in [-0.15, -0.1) is 0 Å². The van der Waals surface area contributed by atoms with E-state index in [1.165, 1.54) is 6.07 Å². The molecule has 126 valence electrons. The number of piperazine rings is 1. The van der Waals surface area contributed by atoms with Crippen molar-refractivity contribution in [2.24, 2.45) is 0 Å². The topological polar surface area (TPSA) is 26.8 Å². The molecule has 0 aliphatic carbocycles. The lowest BCUT2D eigenvalue weighted by atomic mass is 10.1. The highest BCUT2D eigenvalue weighted by atomic mass is 79.9. The Balaban J connectivity index is 1.71. The van der Waals surface area contributed by atoms with Gasteiger partial charge < -0.3 is 14.7 Å². The summed E-state index contributed by atoms with van der Waals surface area (Å²) in [6, 6.07) is 3.10. The van der Waals surface area contributed by atoms with Gasteiger partial charge in [-0.05, 0) is 47.8 Å². The Morgan fingerprint density at radius 2 is 1.78 bits per heavy atom. The number of carbonyl (C=O) groups is 1. The second-order valence-corrected chi connectivity index (χ2v) is 7.01. The van der Waals surface area contributed by atoms with Crippen molar-refractivity contribution in [2.75, 3.05) is 37.6 Å². The van der Waals surface area contributed by atoms with Crippen LogP contribution < -0.4 is 4.90 Å². The first-order valence-corrected chi connectivity index (χ1v) is 8.72. The number of nitrogens with zero attached hydrogens (tertiary/aromatic N) is 3. The summed E-state index contributed by atoms with van der Waals surface area (Å²) in [5, 5.41) is 0. The highest BCUT2D eigenvalue weighted by molar-refractivity contribution is 9.10. The quantitative estimate of drug-likeness (QED) is 0.689. The molecule has 0 radical (unpaired) electrons. The zero-order valence-electron chi connectivity index (χ0n) is 13.1. The fraction of sp³-hybridized carbons (Fsp3) is 0.562. The van der Waals surface area contributed by atoms with Gasteiger partial charge in [0.1, 0.15) is 0 Å². The van der Waals surface area contributed by atoms with E-state index in [1.807, 2.05) is 21.6 Å². The zero-order chi connectivity index (χ0) is 16.6. The molecular weight excluding hydrogens is 368 g/mol. The predicted octanol–water partition coefficient (Wildman–Crippen LogP) is 3.45. The van der Waals surface area contributed by atoms with Crippen LogP contribution in [0.25, 0.3) is 0 Å². The number of urea groups is 1. The number of hydrogen-bond donors (Lipinski definition) is 0. The van der Waals surface area contributed by atoms with Crippen LogP contribution in [0, 0.1) is 11.6 Å². The number of likely N-dealkylation sites (tertiary alicyclic amines) is 1. The van der Waals surface area contributed by atoms with Crippen LogP contribution in [0.5, 0.6) is 0 Å². The van der Waals surface area contributed by atoms with E-state index in [2.05, 4.69) is 15.9 Å². The molecule has 1 aromatic rings. The SMILES string of the molecule is C[C@H]1CN(C(=O)N2CCCC2)CCN1c1ccc(Br)c(F)c1F. The molecule has 23 heavy (non-hydrogen) atoms. The van der Waals surface area contributed by atoms with E-state index in [0.717, 1.165) is 25.9 Å². The van der Waals surface area contributed by atoms with Crippen LogP contribution >= 0.6 is 15.9 Å². The van der Waals surface area contributed by atoms with Gasteiger partial charge in [-0.25, -0.2) is 13.6 Å². The van der Waals surface area contributed by atoms with Gasteiger partial charge in [0.05, 0.1) is 10.2 Å². The lowest BCUT2D eigenvalue weighted by molar-refractivity contribution is 0.153. The molecule has 2 aliphatic rings. The maximum Gasteiger partial charge on any atom is 0.320 e. The number of amides is 2. The van der Waals surface area contributed by atoms with Gasteiger partial charge in [0.25, 0.3) is 0 Å². The Labute approximate surface area is 143 Å². The molecule has 2 saturated heterocycles. The molecule has 0 aromatic heterocycles. The number of benzene rings is 1. The first-order valence-electron chi connectivity index (χ1n) is 7.93. The Hall–Kier alpha value is -1.37. The molecule has 2 amide bonds. The number of anilines is 1. The summed E-state index contributed by atoms with van der Waals surface area (Å²) in [5.41, 5.74) is 0.256. The van der Waals surface area contributed by atoms with Gasteiger partial charge in [0.15, 0.2) is 11.6 Å². The average molecular weight is 388 g/mol. The van der Waals surface area contributed by atoms with Crippen molar-refractivity contribution in [3.8, 4) is 0 Å². The van der Waals surface area contributed by atoms with Crippen LogP contribution in [0.2, 0.25) is 0 Å². The summed E-state index contributed by atoms with van der Waals surface area (Å²) in [4.78, 5) is 18.0. The maximum absolute atomic E-state index is 14.2. The van der Waals surface area contributed by atoms with Crippen LogP contribution in [0.4, 0.5) is 19.3 Å². The van der Waals surface area contributed by atoms with Gasteiger partial charge in [0.2, 0.25) is 0 Å². The molecule has 1 atom stereocenters. The number of rotatable bonds is 1. The minimum atomic E-state index is -0.870. The minimum absolute atomic E-state index is 0.0645. The second kappa shape index (κ2) is 6.63. The summed E-state index contributed by atoms with van der Waals surface area (Å²) in [5.74, 6) is -1.71. The van der Waals surface area contributed by atoms with Crippen LogP contribution in [-0.4, -0.2) is 54.6 Å². The molecule has 0 bridgehead atoms. The highest BCUT2D eigenvalue weighted by Gasteiger charge is 2.32. The summed E-state index contributed by atoms with van der Waals surface area (Å²) < 4.78 is 28.1. The van der Waals surface area contributed by atoms with E-state index in [1.54, 1.807) is 6.07 Å². The van der Waals surface area contributed by atoms with E-state index in [-0.39, 0.29) is 22.2 Å². The van der Waals surface area contributed by atoms with Crippen molar-refractivity contribution in [1.29, 1.82) is 0 Å². The smallest absolute Gasteiger partial charge is 0.320 e. The summed E-state index contributed by atoms with van der Waals surface area (Å²) in [7, 11) is 0. The molecule has 2 fully saturated rings. The average Bonchev–Trinajstić information content (AvgIpc) is 3.07. The molecule has 2 aliphatic heterocycles. The Morgan fingerprint density at radius 3 is 2.43 bits per heavy atom. The van der Waals surface area contributed by atoms with E-state index in [0.29, 0.717) is 19.6 Å². The Morgan fingerprint density at radius 1 is 1.09 bits per heavy atom. The van der Waals surface area contributed by atoms with Crippen LogP contribution in [0.15, 0.2) is 16.6 Å². The van der Waals surface area contributed by atoms with Gasteiger partial charge in [-0.3, -0.25) is 0 Å². The lowest BCUT2D eigenvalue weighted by Gasteiger charge is -2.42. The standard InChI is InChI=1S/C16H20BrF2N3O/c1-11-10-21(16(23)20-6-2-3-7-20)8-9-22(11)13-5-4-12(17)14(18)15(13)19/h4-5,11H,2-3,6-10H2,1H3/t11-/m0/s1. The first kappa shape index (κ1) is 16.5. The van der Waals surface area contributed by atoms with Crippen molar-refractivity contribution in [1.82, 2.24) is 9.80 Å². The second-order valence-electron chi connectivity index (χ2n) is 6.16. The number of carbonyl (C=O) groups excluding carboxylic acids is 1. The van der Waals surface area contributed by atoms with Gasteiger partial charge >= 0.3 is 6.03 Å². The lowest BCUT2D eigenvalue weighted by Crippen LogP contribution is -2.56. The molecular formula is C16H20BrF2N3O. The van der Waals surface area contributed by atoms with Gasteiger partial charge in [-0.2, -0.15) is 0 Å². The van der Waals surface area contributed by atoms with Crippen molar-refractivity contribution in [3.05, 3.63) is 28.2 Å². The molecule has 7 heteroatoms. The highest BCUT2D eigenvalue weighted by Crippen LogP contribution is 2.29. The molecule has 4 nitrogen and oxygen atoms in total. The summed E-state index contributed by atoms with van der Waals surface area (Å²) in [6.45, 7) is 5.12. The predicted molar refractivity (Wildman–Crippen MR) is 88.6 cm³/mol. The third kappa shape index (κ3) is 3.16. The van der Waals surface area contributed by atoms with E-state index in [9.17, 15) is 13.6 Å². The maximum atomic E-state index is 14.2. The van der Waals surface area contributed by atoms with E-state index < -0.39 is 11.6 Å². The summed E-state index contributed by atoms with van der Waals surface area (Å²) in [6.07, 6.45) is 2.12. The van der Waals surface area contributed by atoms with E-state index in [4.69, 9.17) is 0 Å². The zero-order valence-corrected chi connectivity index (χ0v) is 14.7. The molecule has 0 spiro atoms. The molecule has 0 saturated carbocycles. The first-order chi connectivity index (χ1) is 11.0. The minimum Gasteiger partial charge on any atom is -0.363 e. The molecule has 1 aromatic carbocycles. The van der Waals surface area contributed by atoms with Crippen LogP contribution in [0.1, 0.15) is 19.8 Å². The Kier molecular flexibility index (Phi) is 4.75. The van der Waals surface area contributed by atoms with Crippen molar-refractivity contribution in [2.45, 2.75) is 25.8 Å². The van der Waals surface area contributed by atoms with Crippen molar-refractivity contribution < 1.29 is 13.6 Å². The van der Waals surface area contributed by atoms with Crippen LogP contribution in [-0.2, 0) is 0 Å². The fourth-order valence-electron chi connectivity index (χ4n) is 3.34. The van der Waals surface area contributed by atoms with Crippen molar-refractivity contribution >= 4 is 27.6 Å². The third-order valence-electron chi connectivity index (χ3n) is 4.60. The molecule has 0 unspecified atom stereocenters. The van der Waals surface area contributed by atoms with Gasteiger partial charge in [-0.1, -0.05) is 0 Å². The largest absolute Gasteiger partial charge is 0.363 e. The molecule has 3 rings (SSSR count). The normalized spacial score (nSPS) is 21.9. The monoisotopic (exact) mass is 387 g/mol. The van der Waals surface area contributed by atoms with E-state index >= 15 is 0 Å². The molecule has 2 heterocycles. The third-order valence-corrected chi connectivity index (χ3v) is 5.21. The van der Waals surface area contributed by atoms with Crippen LogP contribution in [0.3, 0.4) is 0 Å². The molecule has 0 N–H and O–H groups in total. The fourth-order valence-corrected chi connectivity index (χ4v) is 3.64. The van der Waals surface area contributed by atoms with Crippen molar-refractivity contribution in [3.63, 3.8) is 0 Å².